The maximum Gasteiger partial charge on any atom is 0.0629 e. The Morgan fingerprint density at radius 2 is 2.00 bits per heavy atom. The van der Waals surface area contributed by atoms with Gasteiger partial charge in [0.1, 0.15) is 0 Å². The van der Waals surface area contributed by atoms with Crippen molar-refractivity contribution in [1.29, 1.82) is 0 Å². The highest BCUT2D eigenvalue weighted by molar-refractivity contribution is 5.25. The van der Waals surface area contributed by atoms with Gasteiger partial charge in [-0.05, 0) is 58.2 Å². The van der Waals surface area contributed by atoms with Crippen molar-refractivity contribution in [1.82, 2.24) is 15.1 Å². The molecule has 2 atom stereocenters. The van der Waals surface area contributed by atoms with Crippen LogP contribution in [0, 0.1) is 19.8 Å². The van der Waals surface area contributed by atoms with Gasteiger partial charge < -0.3 is 5.32 Å². The summed E-state index contributed by atoms with van der Waals surface area (Å²) < 4.78 is 2.35. The van der Waals surface area contributed by atoms with E-state index in [1.54, 1.807) is 0 Å². The van der Waals surface area contributed by atoms with Crippen molar-refractivity contribution < 1.29 is 0 Å². The van der Waals surface area contributed by atoms with Gasteiger partial charge in [0.05, 0.1) is 11.7 Å². The van der Waals surface area contributed by atoms with Gasteiger partial charge in [-0.25, -0.2) is 0 Å². The summed E-state index contributed by atoms with van der Waals surface area (Å²) in [7, 11) is 2.02. The SMILES string of the molecule is CCC1CCCCC1n1nc(C)c(CCNC)c1C. The van der Waals surface area contributed by atoms with Crippen molar-refractivity contribution in [3.05, 3.63) is 17.0 Å². The molecule has 1 aromatic heterocycles. The Bertz CT molecular complexity index is 408. The summed E-state index contributed by atoms with van der Waals surface area (Å²) in [6.45, 7) is 7.79. The zero-order valence-electron chi connectivity index (χ0n) is 13.0. The minimum Gasteiger partial charge on any atom is -0.319 e. The van der Waals surface area contributed by atoms with Gasteiger partial charge in [-0.3, -0.25) is 4.68 Å². The van der Waals surface area contributed by atoms with Crippen LogP contribution in [-0.4, -0.2) is 23.4 Å². The Morgan fingerprint density at radius 3 is 2.68 bits per heavy atom. The highest BCUT2D eigenvalue weighted by Gasteiger charge is 2.27. The van der Waals surface area contributed by atoms with Gasteiger partial charge in [0.2, 0.25) is 0 Å². The Balaban J connectivity index is 2.23. The standard InChI is InChI=1S/C16H29N3/c1-5-14-8-6-7-9-16(14)19-13(3)15(10-11-17-4)12(2)18-19/h14,16-17H,5-11H2,1-4H3. The second kappa shape index (κ2) is 6.56. The monoisotopic (exact) mass is 263 g/mol. The minimum absolute atomic E-state index is 0.640. The molecule has 1 heterocycles. The van der Waals surface area contributed by atoms with Gasteiger partial charge in [0.15, 0.2) is 0 Å². The zero-order chi connectivity index (χ0) is 13.8. The van der Waals surface area contributed by atoms with E-state index in [-0.39, 0.29) is 0 Å². The van der Waals surface area contributed by atoms with E-state index in [0.717, 1.165) is 18.9 Å². The summed E-state index contributed by atoms with van der Waals surface area (Å²) in [6.07, 6.45) is 7.84. The number of nitrogens with one attached hydrogen (secondary N) is 1. The predicted octanol–water partition coefficient (Wildman–Crippen LogP) is 3.40. The van der Waals surface area contributed by atoms with Crippen molar-refractivity contribution in [2.45, 2.75) is 65.3 Å². The minimum atomic E-state index is 0.640. The summed E-state index contributed by atoms with van der Waals surface area (Å²) in [4.78, 5) is 0. The van der Waals surface area contributed by atoms with Gasteiger partial charge in [0, 0.05) is 5.69 Å². The van der Waals surface area contributed by atoms with E-state index >= 15 is 0 Å². The first-order chi connectivity index (χ1) is 9.19. The van der Waals surface area contributed by atoms with Gasteiger partial charge in [-0.1, -0.05) is 26.2 Å². The lowest BCUT2D eigenvalue weighted by Crippen LogP contribution is -2.24. The molecule has 0 spiro atoms. The van der Waals surface area contributed by atoms with Gasteiger partial charge in [-0.2, -0.15) is 5.10 Å². The first-order valence-corrected chi connectivity index (χ1v) is 7.88. The maximum absolute atomic E-state index is 4.87. The molecule has 0 bridgehead atoms. The molecule has 2 rings (SSSR count). The summed E-state index contributed by atoms with van der Waals surface area (Å²) in [6, 6.07) is 0.640. The van der Waals surface area contributed by atoms with Crippen LogP contribution in [0.3, 0.4) is 0 Å². The molecule has 108 valence electrons. The molecule has 3 heteroatoms. The largest absolute Gasteiger partial charge is 0.319 e. The number of aryl methyl sites for hydroxylation is 1. The van der Waals surface area contributed by atoms with Crippen molar-refractivity contribution in [2.75, 3.05) is 13.6 Å². The van der Waals surface area contributed by atoms with Crippen molar-refractivity contribution in [2.24, 2.45) is 5.92 Å². The molecule has 1 fully saturated rings. The first kappa shape index (κ1) is 14.6. The Hall–Kier alpha value is -0.830. The molecule has 1 N–H and O–H groups in total. The lowest BCUT2D eigenvalue weighted by Gasteiger charge is -2.32. The fourth-order valence-electron chi connectivity index (χ4n) is 3.62. The lowest BCUT2D eigenvalue weighted by atomic mass is 9.83. The van der Waals surface area contributed by atoms with Crippen LogP contribution in [0.4, 0.5) is 0 Å². The van der Waals surface area contributed by atoms with E-state index in [1.165, 1.54) is 49.1 Å². The van der Waals surface area contributed by atoms with E-state index in [0.29, 0.717) is 6.04 Å². The summed E-state index contributed by atoms with van der Waals surface area (Å²) in [5.41, 5.74) is 4.08. The van der Waals surface area contributed by atoms with E-state index in [9.17, 15) is 0 Å². The van der Waals surface area contributed by atoms with Crippen molar-refractivity contribution in [3.63, 3.8) is 0 Å². The van der Waals surface area contributed by atoms with E-state index < -0.39 is 0 Å². The van der Waals surface area contributed by atoms with Crippen LogP contribution in [0.5, 0.6) is 0 Å². The number of nitrogens with zero attached hydrogens (tertiary/aromatic N) is 2. The molecule has 0 radical (unpaired) electrons. The van der Waals surface area contributed by atoms with Gasteiger partial charge in [0.25, 0.3) is 0 Å². The average Bonchev–Trinajstić information content (AvgIpc) is 2.71. The second-order valence-corrected chi connectivity index (χ2v) is 5.97. The molecule has 19 heavy (non-hydrogen) atoms. The molecule has 1 saturated carbocycles. The highest BCUT2D eigenvalue weighted by Crippen LogP contribution is 2.37. The smallest absolute Gasteiger partial charge is 0.0629 e. The van der Waals surface area contributed by atoms with Gasteiger partial charge in [-0.15, -0.1) is 0 Å². The molecule has 3 nitrogen and oxygen atoms in total. The van der Waals surface area contributed by atoms with Crippen molar-refractivity contribution >= 4 is 0 Å². The van der Waals surface area contributed by atoms with Crippen molar-refractivity contribution in [3.8, 4) is 0 Å². The Kier molecular flexibility index (Phi) is 5.03. The molecule has 2 unspecified atom stereocenters. The van der Waals surface area contributed by atoms with Crippen LogP contribution in [0.2, 0.25) is 0 Å². The van der Waals surface area contributed by atoms with Gasteiger partial charge >= 0.3 is 0 Å². The number of rotatable bonds is 5. The fraction of sp³-hybridized carbons (Fsp3) is 0.812. The molecular weight excluding hydrogens is 234 g/mol. The quantitative estimate of drug-likeness (QED) is 0.882. The van der Waals surface area contributed by atoms with Crippen LogP contribution in [0.25, 0.3) is 0 Å². The number of hydrogen-bond acceptors (Lipinski definition) is 2. The average molecular weight is 263 g/mol. The number of hydrogen-bond donors (Lipinski definition) is 1. The molecule has 1 aromatic rings. The van der Waals surface area contributed by atoms with E-state index in [4.69, 9.17) is 5.10 Å². The first-order valence-electron chi connectivity index (χ1n) is 7.88. The lowest BCUT2D eigenvalue weighted by molar-refractivity contribution is 0.214. The normalized spacial score (nSPS) is 23.8. The summed E-state index contributed by atoms with van der Waals surface area (Å²) in [5, 5.41) is 8.12. The fourth-order valence-corrected chi connectivity index (χ4v) is 3.62. The van der Waals surface area contributed by atoms with Crippen LogP contribution >= 0.6 is 0 Å². The van der Waals surface area contributed by atoms with E-state index in [1.807, 2.05) is 7.05 Å². The molecule has 0 aliphatic heterocycles. The summed E-state index contributed by atoms with van der Waals surface area (Å²) >= 11 is 0. The van der Waals surface area contributed by atoms with E-state index in [2.05, 4.69) is 30.8 Å². The number of likely N-dealkylation sites (N-methyl/N-ethyl adjacent to an activating group) is 1. The molecular formula is C16H29N3. The second-order valence-electron chi connectivity index (χ2n) is 5.97. The third kappa shape index (κ3) is 3.02. The third-order valence-electron chi connectivity index (χ3n) is 4.81. The summed E-state index contributed by atoms with van der Waals surface area (Å²) in [5.74, 6) is 0.823. The molecule has 0 saturated heterocycles. The van der Waals surface area contributed by atoms with Crippen LogP contribution in [0.15, 0.2) is 0 Å². The molecule has 1 aliphatic rings. The molecule has 1 aliphatic carbocycles. The predicted molar refractivity (Wildman–Crippen MR) is 80.6 cm³/mol. The Labute approximate surface area is 117 Å². The highest BCUT2D eigenvalue weighted by atomic mass is 15.3. The maximum atomic E-state index is 4.87. The Morgan fingerprint density at radius 1 is 1.26 bits per heavy atom. The zero-order valence-corrected chi connectivity index (χ0v) is 13.0. The topological polar surface area (TPSA) is 29.9 Å². The third-order valence-corrected chi connectivity index (χ3v) is 4.81. The molecule has 0 amide bonds. The molecule has 0 aromatic carbocycles. The van der Waals surface area contributed by atoms with Crippen LogP contribution in [-0.2, 0) is 6.42 Å². The van der Waals surface area contributed by atoms with Crippen LogP contribution in [0.1, 0.15) is 62.0 Å². The van der Waals surface area contributed by atoms with Crippen LogP contribution < -0.4 is 5.32 Å². The number of aromatic nitrogens is 2.